The zero-order chi connectivity index (χ0) is 26.8. The van der Waals surface area contributed by atoms with Crippen molar-refractivity contribution in [1.82, 2.24) is 10.2 Å². The maximum Gasteiger partial charge on any atom is 0.243 e. The lowest BCUT2D eigenvalue weighted by Gasteiger charge is -2.32. The van der Waals surface area contributed by atoms with Crippen molar-refractivity contribution in [2.24, 2.45) is 0 Å². The maximum absolute atomic E-state index is 13.7. The van der Waals surface area contributed by atoms with Gasteiger partial charge >= 0.3 is 0 Å². The van der Waals surface area contributed by atoms with Gasteiger partial charge in [0.05, 0.1) is 5.75 Å². The third-order valence-electron chi connectivity index (χ3n) is 6.04. The largest absolute Gasteiger partial charge is 0.352 e. The van der Waals surface area contributed by atoms with Crippen molar-refractivity contribution >= 4 is 58.4 Å². The second kappa shape index (κ2) is 14.7. The monoisotopic (exact) mass is 576 g/mol. The molecule has 0 bridgehead atoms. The van der Waals surface area contributed by atoms with Crippen LogP contribution in [0.2, 0.25) is 15.1 Å². The molecule has 0 aliphatic heterocycles. The predicted molar refractivity (Wildman–Crippen MR) is 156 cm³/mol. The fraction of sp³-hybridized carbons (Fsp3) is 0.310. The molecule has 0 aliphatic rings. The predicted octanol–water partition coefficient (Wildman–Crippen LogP) is 7.43. The highest BCUT2D eigenvalue weighted by Crippen LogP contribution is 2.25. The Bertz CT molecular complexity index is 1180. The van der Waals surface area contributed by atoms with Crippen LogP contribution in [0.1, 0.15) is 37.0 Å². The topological polar surface area (TPSA) is 49.4 Å². The number of thioether (sulfide) groups is 1. The minimum absolute atomic E-state index is 0.0128. The zero-order valence-electron chi connectivity index (χ0n) is 20.9. The Labute approximate surface area is 238 Å². The van der Waals surface area contributed by atoms with Crippen LogP contribution in [0.25, 0.3) is 0 Å². The minimum atomic E-state index is -0.702. The van der Waals surface area contributed by atoms with Crippen LogP contribution in [-0.2, 0) is 28.3 Å². The highest BCUT2D eigenvalue weighted by atomic mass is 35.5. The highest BCUT2D eigenvalue weighted by Gasteiger charge is 2.31. The number of benzene rings is 3. The van der Waals surface area contributed by atoms with E-state index in [1.807, 2.05) is 68.4 Å². The van der Waals surface area contributed by atoms with Crippen molar-refractivity contribution in [2.45, 2.75) is 51.1 Å². The number of halogens is 3. The molecule has 0 aromatic heterocycles. The summed E-state index contributed by atoms with van der Waals surface area (Å²) >= 11 is 20.1. The van der Waals surface area contributed by atoms with E-state index in [2.05, 4.69) is 5.32 Å². The number of carbonyl (C=O) groups is 2. The summed E-state index contributed by atoms with van der Waals surface area (Å²) < 4.78 is 0. The molecule has 8 heteroatoms. The van der Waals surface area contributed by atoms with Gasteiger partial charge in [0.1, 0.15) is 6.04 Å². The molecule has 4 nitrogen and oxygen atoms in total. The van der Waals surface area contributed by atoms with Gasteiger partial charge in [-0.25, -0.2) is 0 Å². The third kappa shape index (κ3) is 9.26. The number of amides is 2. The summed E-state index contributed by atoms with van der Waals surface area (Å²) in [7, 11) is 0. The first kappa shape index (κ1) is 29.4. The van der Waals surface area contributed by atoms with E-state index in [0.717, 1.165) is 23.1 Å². The second-order valence-corrected chi connectivity index (χ2v) is 11.2. The van der Waals surface area contributed by atoms with E-state index in [4.69, 9.17) is 34.8 Å². The molecule has 3 aromatic carbocycles. The average Bonchev–Trinajstić information content (AvgIpc) is 2.88. The first-order chi connectivity index (χ1) is 17.8. The van der Waals surface area contributed by atoms with Crippen LogP contribution in [-0.4, -0.2) is 34.6 Å². The van der Waals surface area contributed by atoms with E-state index in [0.29, 0.717) is 27.2 Å². The Morgan fingerprint density at radius 3 is 2.24 bits per heavy atom. The molecule has 3 rings (SSSR count). The van der Waals surface area contributed by atoms with E-state index in [9.17, 15) is 9.59 Å². The highest BCUT2D eigenvalue weighted by molar-refractivity contribution is 7.99. The van der Waals surface area contributed by atoms with E-state index < -0.39 is 6.04 Å². The zero-order valence-corrected chi connectivity index (χ0v) is 24.0. The summed E-state index contributed by atoms with van der Waals surface area (Å²) in [5, 5.41) is 4.72. The van der Waals surface area contributed by atoms with Gasteiger partial charge in [0.25, 0.3) is 0 Å². The lowest BCUT2D eigenvalue weighted by molar-refractivity contribution is -0.139. The van der Waals surface area contributed by atoms with E-state index in [1.165, 1.54) is 11.8 Å². The molecule has 0 radical (unpaired) electrons. The number of carbonyl (C=O) groups excluding carboxylic acids is 2. The molecule has 196 valence electrons. The number of nitrogens with one attached hydrogen (secondary N) is 1. The summed E-state index contributed by atoms with van der Waals surface area (Å²) in [4.78, 5) is 28.9. The van der Waals surface area contributed by atoms with E-state index >= 15 is 0 Å². The molecule has 0 aliphatic carbocycles. The number of hydrogen-bond acceptors (Lipinski definition) is 3. The van der Waals surface area contributed by atoms with Crippen LogP contribution in [0.3, 0.4) is 0 Å². The number of nitrogens with zero attached hydrogens (tertiary/aromatic N) is 1. The van der Waals surface area contributed by atoms with Crippen LogP contribution >= 0.6 is 46.6 Å². The van der Waals surface area contributed by atoms with Gasteiger partial charge < -0.3 is 10.2 Å². The Hall–Kier alpha value is -2.18. The summed E-state index contributed by atoms with van der Waals surface area (Å²) in [6, 6.07) is 21.8. The van der Waals surface area contributed by atoms with Crippen LogP contribution in [0.4, 0.5) is 0 Å². The minimum Gasteiger partial charge on any atom is -0.352 e. The molecule has 3 aromatic rings. The van der Waals surface area contributed by atoms with Gasteiger partial charge in [0.15, 0.2) is 0 Å². The van der Waals surface area contributed by atoms with Crippen molar-refractivity contribution in [2.75, 3.05) is 5.75 Å². The molecule has 1 N–H and O–H groups in total. The maximum atomic E-state index is 13.7. The normalized spacial score (nSPS) is 12.6. The third-order valence-corrected chi connectivity index (χ3v) is 7.86. The Morgan fingerprint density at radius 1 is 0.919 bits per heavy atom. The van der Waals surface area contributed by atoms with Gasteiger partial charge in [-0.05, 0) is 54.3 Å². The Balaban J connectivity index is 1.88. The molecule has 0 saturated heterocycles. The number of hydrogen-bond donors (Lipinski definition) is 1. The van der Waals surface area contributed by atoms with Gasteiger partial charge in [-0.3, -0.25) is 9.59 Å². The van der Waals surface area contributed by atoms with Crippen LogP contribution in [0.15, 0.2) is 72.8 Å². The molecule has 0 unspecified atom stereocenters. The lowest BCUT2D eigenvalue weighted by Crippen LogP contribution is -2.52. The summed E-state index contributed by atoms with van der Waals surface area (Å²) in [5.74, 6) is 0.556. The summed E-state index contributed by atoms with van der Waals surface area (Å²) in [6.07, 6.45) is 1.18. The van der Waals surface area contributed by atoms with Crippen molar-refractivity contribution in [3.63, 3.8) is 0 Å². The smallest absolute Gasteiger partial charge is 0.243 e. The summed E-state index contributed by atoms with van der Waals surface area (Å²) in [5.41, 5.74) is 2.78. The standard InChI is InChI=1S/C29H31Cl3N2O2S/c1-3-20(2)33-29(36)27(15-21-7-5-4-6-8-21)34(17-23-11-14-25(31)16-26(23)32)28(35)19-37-18-22-9-12-24(30)13-10-22/h4-14,16,20,27H,3,15,17-19H2,1-2H3,(H,33,36)/t20-,27+/m0/s1. The average molecular weight is 578 g/mol. The first-order valence-electron chi connectivity index (χ1n) is 12.2. The van der Waals surface area contributed by atoms with Crippen LogP contribution < -0.4 is 5.32 Å². The van der Waals surface area contributed by atoms with E-state index in [1.54, 1.807) is 23.1 Å². The fourth-order valence-electron chi connectivity index (χ4n) is 3.75. The Morgan fingerprint density at radius 2 is 1.59 bits per heavy atom. The first-order valence-corrected chi connectivity index (χ1v) is 14.5. The summed E-state index contributed by atoms with van der Waals surface area (Å²) in [6.45, 7) is 4.17. The molecular formula is C29H31Cl3N2O2S. The quantitative estimate of drug-likeness (QED) is 0.243. The molecule has 0 fully saturated rings. The molecule has 2 atom stereocenters. The van der Waals surface area contributed by atoms with Crippen LogP contribution in [0, 0.1) is 0 Å². The second-order valence-electron chi connectivity index (χ2n) is 8.90. The molecule has 0 saturated carbocycles. The van der Waals surface area contributed by atoms with Crippen molar-refractivity contribution in [3.05, 3.63) is 105 Å². The van der Waals surface area contributed by atoms with Crippen molar-refractivity contribution in [1.29, 1.82) is 0 Å². The fourth-order valence-corrected chi connectivity index (χ4v) is 5.21. The van der Waals surface area contributed by atoms with E-state index in [-0.39, 0.29) is 30.2 Å². The molecule has 37 heavy (non-hydrogen) atoms. The van der Waals surface area contributed by atoms with Gasteiger partial charge in [-0.2, -0.15) is 0 Å². The van der Waals surface area contributed by atoms with Gasteiger partial charge in [0, 0.05) is 39.8 Å². The van der Waals surface area contributed by atoms with Crippen LogP contribution in [0.5, 0.6) is 0 Å². The molecule has 2 amide bonds. The van der Waals surface area contributed by atoms with Crippen molar-refractivity contribution in [3.8, 4) is 0 Å². The Kier molecular flexibility index (Phi) is 11.7. The van der Waals surface area contributed by atoms with Gasteiger partial charge in [0.2, 0.25) is 11.8 Å². The molecular weight excluding hydrogens is 547 g/mol. The van der Waals surface area contributed by atoms with Gasteiger partial charge in [-0.1, -0.05) is 90.3 Å². The lowest BCUT2D eigenvalue weighted by atomic mass is 10.0. The molecule has 0 heterocycles. The number of rotatable bonds is 12. The molecule has 0 spiro atoms. The SMILES string of the molecule is CC[C@H](C)NC(=O)[C@@H](Cc1ccccc1)N(Cc1ccc(Cl)cc1Cl)C(=O)CSCc1ccc(Cl)cc1. The van der Waals surface area contributed by atoms with Gasteiger partial charge in [-0.15, -0.1) is 11.8 Å². The van der Waals surface area contributed by atoms with Crippen molar-refractivity contribution < 1.29 is 9.59 Å².